The number of hydrogen-bond acceptors (Lipinski definition) is 4. The minimum atomic E-state index is -0.382. The fourth-order valence-corrected chi connectivity index (χ4v) is 2.49. The Balaban J connectivity index is 1.76. The number of nitrogens with one attached hydrogen (secondary N) is 2. The third-order valence-electron chi connectivity index (χ3n) is 4.09. The molecule has 2 aromatic carbocycles. The van der Waals surface area contributed by atoms with Gasteiger partial charge in [-0.3, -0.25) is 0 Å². The maximum absolute atomic E-state index is 11.9. The number of aryl methyl sites for hydroxylation is 3. The Labute approximate surface area is 159 Å². The molecule has 0 atom stereocenters. The molecule has 0 aliphatic heterocycles. The summed E-state index contributed by atoms with van der Waals surface area (Å²) in [6.07, 6.45) is 0. The van der Waals surface area contributed by atoms with E-state index in [4.69, 9.17) is 9.47 Å². The van der Waals surface area contributed by atoms with Crippen molar-refractivity contribution in [3.8, 4) is 5.75 Å². The number of amides is 2. The van der Waals surface area contributed by atoms with E-state index in [1.165, 1.54) is 11.1 Å². The molecular formula is C21H26N2O4. The molecule has 0 spiro atoms. The maximum atomic E-state index is 11.9. The van der Waals surface area contributed by atoms with Crippen LogP contribution in [0.3, 0.4) is 0 Å². The third kappa shape index (κ3) is 6.02. The first kappa shape index (κ1) is 20.3. The summed E-state index contributed by atoms with van der Waals surface area (Å²) in [6.45, 7) is 8.94. The van der Waals surface area contributed by atoms with Crippen LogP contribution < -0.4 is 15.4 Å². The minimum Gasteiger partial charge on any atom is -0.491 e. The van der Waals surface area contributed by atoms with Crippen LogP contribution in [0.4, 0.5) is 10.5 Å². The molecule has 6 heteroatoms. The van der Waals surface area contributed by atoms with Crippen molar-refractivity contribution >= 4 is 17.7 Å². The molecule has 2 amide bonds. The Morgan fingerprint density at radius 3 is 2.30 bits per heavy atom. The lowest BCUT2D eigenvalue weighted by Crippen LogP contribution is -2.32. The molecule has 0 fully saturated rings. The van der Waals surface area contributed by atoms with Gasteiger partial charge in [0.2, 0.25) is 0 Å². The van der Waals surface area contributed by atoms with Crippen molar-refractivity contribution in [3.63, 3.8) is 0 Å². The number of urea groups is 1. The summed E-state index contributed by atoms with van der Waals surface area (Å²) in [4.78, 5) is 23.5. The molecule has 27 heavy (non-hydrogen) atoms. The zero-order chi connectivity index (χ0) is 19.8. The molecule has 2 N–H and O–H groups in total. The van der Waals surface area contributed by atoms with Gasteiger partial charge in [-0.15, -0.1) is 0 Å². The van der Waals surface area contributed by atoms with E-state index in [0.29, 0.717) is 31.0 Å². The number of ether oxygens (including phenoxy) is 2. The second kappa shape index (κ2) is 9.62. The van der Waals surface area contributed by atoms with Crippen molar-refractivity contribution < 1.29 is 19.1 Å². The van der Waals surface area contributed by atoms with Gasteiger partial charge in [-0.05, 0) is 74.7 Å². The van der Waals surface area contributed by atoms with E-state index in [0.717, 1.165) is 11.3 Å². The molecule has 0 aliphatic carbocycles. The summed E-state index contributed by atoms with van der Waals surface area (Å²) >= 11 is 0. The van der Waals surface area contributed by atoms with Crippen LogP contribution in [0.25, 0.3) is 0 Å². The number of carbonyl (C=O) groups is 2. The van der Waals surface area contributed by atoms with E-state index in [2.05, 4.69) is 23.6 Å². The molecule has 144 valence electrons. The Bertz CT molecular complexity index is 801. The van der Waals surface area contributed by atoms with Crippen molar-refractivity contribution in [2.75, 3.05) is 25.1 Å². The highest BCUT2D eigenvalue weighted by atomic mass is 16.5. The zero-order valence-corrected chi connectivity index (χ0v) is 16.2. The lowest BCUT2D eigenvalue weighted by Gasteiger charge is -2.12. The first-order valence-corrected chi connectivity index (χ1v) is 8.93. The zero-order valence-electron chi connectivity index (χ0n) is 16.2. The molecule has 0 saturated carbocycles. The van der Waals surface area contributed by atoms with Gasteiger partial charge in [0.05, 0.1) is 18.7 Å². The van der Waals surface area contributed by atoms with Gasteiger partial charge in [-0.25, -0.2) is 9.59 Å². The average molecular weight is 370 g/mol. The monoisotopic (exact) mass is 370 g/mol. The van der Waals surface area contributed by atoms with Crippen LogP contribution in [0.15, 0.2) is 36.4 Å². The summed E-state index contributed by atoms with van der Waals surface area (Å²) < 4.78 is 10.7. The number of benzene rings is 2. The molecule has 0 radical (unpaired) electrons. The first-order chi connectivity index (χ1) is 12.9. The SMILES string of the molecule is CCOC(=O)c1ccc(NC(=O)NCCOc2cc(C)c(C)cc2C)cc1. The molecule has 0 unspecified atom stereocenters. The van der Waals surface area contributed by atoms with Gasteiger partial charge in [0.15, 0.2) is 0 Å². The standard InChI is InChI=1S/C21H26N2O4/c1-5-26-20(24)17-6-8-18(9-7-17)23-21(25)22-10-11-27-19-13-15(3)14(2)12-16(19)4/h6-9,12-13H,5,10-11H2,1-4H3,(H2,22,23,25). The average Bonchev–Trinajstić information content (AvgIpc) is 2.63. The van der Waals surface area contributed by atoms with Crippen molar-refractivity contribution in [2.45, 2.75) is 27.7 Å². The van der Waals surface area contributed by atoms with Gasteiger partial charge in [-0.1, -0.05) is 6.07 Å². The maximum Gasteiger partial charge on any atom is 0.338 e. The summed E-state index contributed by atoms with van der Waals surface area (Å²) in [7, 11) is 0. The van der Waals surface area contributed by atoms with Gasteiger partial charge < -0.3 is 20.1 Å². The van der Waals surface area contributed by atoms with Crippen LogP contribution in [-0.2, 0) is 4.74 Å². The molecule has 6 nitrogen and oxygen atoms in total. The Kier molecular flexibility index (Phi) is 7.23. The van der Waals surface area contributed by atoms with Gasteiger partial charge >= 0.3 is 12.0 Å². The number of rotatable bonds is 7. The van der Waals surface area contributed by atoms with Crippen LogP contribution in [0.2, 0.25) is 0 Å². The van der Waals surface area contributed by atoms with E-state index in [1.807, 2.05) is 19.9 Å². The van der Waals surface area contributed by atoms with Crippen molar-refractivity contribution in [2.24, 2.45) is 0 Å². The molecule has 0 aliphatic rings. The van der Waals surface area contributed by atoms with E-state index in [-0.39, 0.29) is 12.0 Å². The second-order valence-electron chi connectivity index (χ2n) is 6.23. The van der Waals surface area contributed by atoms with Crippen LogP contribution in [-0.4, -0.2) is 31.8 Å². The van der Waals surface area contributed by atoms with Crippen LogP contribution in [0.5, 0.6) is 5.75 Å². The van der Waals surface area contributed by atoms with Crippen LogP contribution >= 0.6 is 0 Å². The Hall–Kier alpha value is -3.02. The summed E-state index contributed by atoms with van der Waals surface area (Å²) in [6, 6.07) is 10.3. The van der Waals surface area contributed by atoms with Crippen LogP contribution in [0, 0.1) is 20.8 Å². The Morgan fingerprint density at radius 2 is 1.63 bits per heavy atom. The van der Waals surface area contributed by atoms with Crippen molar-refractivity contribution in [1.29, 1.82) is 0 Å². The molecule has 0 saturated heterocycles. The van der Waals surface area contributed by atoms with Gasteiger partial charge in [-0.2, -0.15) is 0 Å². The smallest absolute Gasteiger partial charge is 0.338 e. The number of hydrogen-bond donors (Lipinski definition) is 2. The van der Waals surface area contributed by atoms with Gasteiger partial charge in [0.25, 0.3) is 0 Å². The van der Waals surface area contributed by atoms with E-state index in [1.54, 1.807) is 31.2 Å². The number of carbonyl (C=O) groups excluding carboxylic acids is 2. The Morgan fingerprint density at radius 1 is 0.963 bits per heavy atom. The van der Waals surface area contributed by atoms with E-state index < -0.39 is 0 Å². The summed E-state index contributed by atoms with van der Waals surface area (Å²) in [5.74, 6) is 0.446. The highest BCUT2D eigenvalue weighted by molar-refractivity contribution is 5.92. The van der Waals surface area contributed by atoms with E-state index >= 15 is 0 Å². The quantitative estimate of drug-likeness (QED) is 0.571. The lowest BCUT2D eigenvalue weighted by molar-refractivity contribution is 0.0526. The summed E-state index contributed by atoms with van der Waals surface area (Å²) in [5.41, 5.74) is 4.51. The van der Waals surface area contributed by atoms with Crippen LogP contribution in [0.1, 0.15) is 34.0 Å². The van der Waals surface area contributed by atoms with Crippen molar-refractivity contribution in [1.82, 2.24) is 5.32 Å². The fraction of sp³-hybridized carbons (Fsp3) is 0.333. The van der Waals surface area contributed by atoms with E-state index in [9.17, 15) is 9.59 Å². The minimum absolute atomic E-state index is 0.324. The molecule has 0 aromatic heterocycles. The highest BCUT2D eigenvalue weighted by Gasteiger charge is 2.07. The molecule has 2 rings (SSSR count). The molecule has 2 aromatic rings. The largest absolute Gasteiger partial charge is 0.491 e. The predicted octanol–water partition coefficient (Wildman–Crippen LogP) is 3.99. The van der Waals surface area contributed by atoms with Crippen molar-refractivity contribution in [3.05, 3.63) is 58.7 Å². The topological polar surface area (TPSA) is 76.7 Å². The first-order valence-electron chi connectivity index (χ1n) is 8.93. The molecular weight excluding hydrogens is 344 g/mol. The fourth-order valence-electron chi connectivity index (χ4n) is 2.49. The lowest BCUT2D eigenvalue weighted by atomic mass is 10.1. The molecule has 0 bridgehead atoms. The summed E-state index contributed by atoms with van der Waals surface area (Å²) in [5, 5.41) is 5.45. The highest BCUT2D eigenvalue weighted by Crippen LogP contribution is 2.22. The number of esters is 1. The van der Waals surface area contributed by atoms with Gasteiger partial charge in [0.1, 0.15) is 12.4 Å². The predicted molar refractivity (Wildman–Crippen MR) is 106 cm³/mol. The normalized spacial score (nSPS) is 10.2. The third-order valence-corrected chi connectivity index (χ3v) is 4.09. The van der Waals surface area contributed by atoms with Gasteiger partial charge in [0, 0.05) is 5.69 Å². The second-order valence-corrected chi connectivity index (χ2v) is 6.23. The number of anilines is 1. The molecule has 0 heterocycles.